The van der Waals surface area contributed by atoms with Crippen LogP contribution in [0.3, 0.4) is 0 Å². The van der Waals surface area contributed by atoms with Crippen molar-refractivity contribution in [2.24, 2.45) is 0 Å². The highest BCUT2D eigenvalue weighted by atomic mass is 16.3. The van der Waals surface area contributed by atoms with Crippen molar-refractivity contribution in [1.82, 2.24) is 9.97 Å². The molecule has 0 aliphatic rings. The van der Waals surface area contributed by atoms with Crippen LogP contribution in [0.25, 0.3) is 33.3 Å². The first-order valence-electron chi connectivity index (χ1n) is 7.47. The average Bonchev–Trinajstić information content (AvgIpc) is 2.93. The zero-order valence-corrected chi connectivity index (χ0v) is 10.6. The van der Waals surface area contributed by atoms with Crippen LogP contribution in [-0.4, -0.2) is 9.97 Å². The smallest absolute Gasteiger partial charge is 0.227 e. The third-order valence-corrected chi connectivity index (χ3v) is 3.33. The van der Waals surface area contributed by atoms with Crippen LogP contribution in [0.2, 0.25) is 0 Å². The lowest BCUT2D eigenvalue weighted by Crippen LogP contribution is -1.81. The lowest BCUT2D eigenvalue weighted by atomic mass is 10.1. The second kappa shape index (κ2) is 4.17. The Hall–Kier alpha value is -2.68. The van der Waals surface area contributed by atoms with Crippen LogP contribution >= 0.6 is 0 Å². The molecule has 3 aromatic heterocycles. The molecule has 20 heavy (non-hydrogen) atoms. The van der Waals surface area contributed by atoms with E-state index in [0.29, 0.717) is 11.4 Å². The predicted molar refractivity (Wildman–Crippen MR) is 79.5 cm³/mol. The van der Waals surface area contributed by atoms with Gasteiger partial charge in [-0.15, -0.1) is 0 Å². The van der Waals surface area contributed by atoms with Gasteiger partial charge < -0.3 is 4.42 Å². The van der Waals surface area contributed by atoms with E-state index in [4.69, 9.17) is 7.16 Å². The van der Waals surface area contributed by atoms with Crippen molar-refractivity contribution in [3.05, 3.63) is 60.4 Å². The molecule has 1 aromatic carbocycles. The van der Waals surface area contributed by atoms with Gasteiger partial charge in [0.15, 0.2) is 0 Å². The van der Waals surface area contributed by atoms with Crippen LogP contribution in [0.4, 0.5) is 0 Å². The molecule has 0 saturated carbocycles. The molecule has 4 aromatic rings. The summed E-state index contributed by atoms with van der Waals surface area (Å²) in [4.78, 5) is 8.66. The largest absolute Gasteiger partial charge is 0.437 e. The Bertz CT molecular complexity index is 964. The minimum Gasteiger partial charge on any atom is -0.437 e. The molecule has 0 unspecified atom stereocenters. The van der Waals surface area contributed by atoms with Gasteiger partial charge >= 0.3 is 0 Å². The van der Waals surface area contributed by atoms with E-state index in [0.717, 1.165) is 27.6 Å². The van der Waals surface area contributed by atoms with Crippen molar-refractivity contribution in [1.29, 1.82) is 0 Å². The highest BCUT2D eigenvalue weighted by Gasteiger charge is 2.13. The van der Waals surface area contributed by atoms with E-state index >= 15 is 0 Å². The van der Waals surface area contributed by atoms with Gasteiger partial charge in [0.05, 0.1) is 5.69 Å². The lowest BCUT2D eigenvalue weighted by molar-refractivity contribution is 0.653. The first-order chi connectivity index (χ1) is 10.7. The summed E-state index contributed by atoms with van der Waals surface area (Å²) < 4.78 is 20.8. The second-order valence-electron chi connectivity index (χ2n) is 4.59. The summed E-state index contributed by atoms with van der Waals surface area (Å²) in [6.45, 7) is -1.12. The summed E-state index contributed by atoms with van der Waals surface area (Å²) in [7, 11) is 0. The molecule has 3 nitrogen and oxygen atoms in total. The Morgan fingerprint density at radius 3 is 2.85 bits per heavy atom. The number of aromatic nitrogens is 2. The van der Waals surface area contributed by atoms with E-state index < -0.39 is 6.88 Å². The number of nitrogens with zero attached hydrogens (tertiary/aromatic N) is 2. The Morgan fingerprint density at radius 2 is 2.00 bits per heavy atom. The molecule has 0 radical (unpaired) electrons. The van der Waals surface area contributed by atoms with E-state index in [1.165, 1.54) is 0 Å². The van der Waals surface area contributed by atoms with Crippen molar-refractivity contribution in [2.75, 3.05) is 0 Å². The molecule has 3 heterocycles. The Balaban J connectivity index is 2.03. The van der Waals surface area contributed by atoms with Gasteiger partial charge in [0.25, 0.3) is 0 Å². The molecular weight excluding hydrogens is 248 g/mol. The molecular formula is C17H12N2O. The number of fused-ring (bicyclic) bond motifs is 3. The summed E-state index contributed by atoms with van der Waals surface area (Å²) in [5.74, 6) is 0. The number of rotatable bonds is 1. The average molecular weight is 262 g/mol. The molecule has 0 aliphatic heterocycles. The molecule has 0 atom stereocenters. The van der Waals surface area contributed by atoms with E-state index in [1.807, 2.05) is 42.5 Å². The third-order valence-electron chi connectivity index (χ3n) is 3.33. The van der Waals surface area contributed by atoms with Gasteiger partial charge in [-0.2, -0.15) is 0 Å². The van der Waals surface area contributed by atoms with Gasteiger partial charge in [-0.3, -0.25) is 4.98 Å². The van der Waals surface area contributed by atoms with Crippen LogP contribution in [0, 0.1) is 6.88 Å². The monoisotopic (exact) mass is 262 g/mol. The van der Waals surface area contributed by atoms with Crippen molar-refractivity contribution in [3.63, 3.8) is 0 Å². The van der Waals surface area contributed by atoms with Gasteiger partial charge in [0.2, 0.25) is 5.71 Å². The predicted octanol–water partition coefficient (Wildman–Crippen LogP) is 4.35. The number of para-hydroxylation sites is 1. The molecule has 0 amide bonds. The van der Waals surface area contributed by atoms with Gasteiger partial charge in [-0.05, 0) is 37.2 Å². The zero-order valence-electron chi connectivity index (χ0n) is 12.6. The lowest BCUT2D eigenvalue weighted by Gasteiger charge is -2.00. The van der Waals surface area contributed by atoms with Gasteiger partial charge in [0, 0.05) is 31.0 Å². The number of furan rings is 1. The Morgan fingerprint density at radius 1 is 1.00 bits per heavy atom. The molecule has 0 aliphatic carbocycles. The van der Waals surface area contributed by atoms with E-state index in [9.17, 15) is 0 Å². The topological polar surface area (TPSA) is 38.9 Å². The molecule has 0 spiro atoms. The van der Waals surface area contributed by atoms with Crippen molar-refractivity contribution < 1.29 is 7.16 Å². The van der Waals surface area contributed by atoms with Crippen molar-refractivity contribution in [2.45, 2.75) is 6.88 Å². The van der Waals surface area contributed by atoms with Crippen LogP contribution in [0.15, 0.2) is 59.1 Å². The molecule has 3 heteroatoms. The summed E-state index contributed by atoms with van der Waals surface area (Å²) in [6.07, 6.45) is 1.75. The van der Waals surface area contributed by atoms with Crippen molar-refractivity contribution in [3.8, 4) is 11.3 Å². The number of hydrogen-bond acceptors (Lipinski definition) is 3. The van der Waals surface area contributed by atoms with Crippen LogP contribution in [0.5, 0.6) is 0 Å². The SMILES string of the molecule is [2H]C([2H])c1ccc2c(n1)oc1c(-c3ccccn3)cccc12. The third kappa shape index (κ3) is 1.60. The fourth-order valence-corrected chi connectivity index (χ4v) is 2.42. The summed E-state index contributed by atoms with van der Waals surface area (Å²) >= 11 is 0. The molecule has 0 fully saturated rings. The van der Waals surface area contributed by atoms with Gasteiger partial charge in [-0.25, -0.2) is 4.98 Å². The standard InChI is InChI=1S/C17H12N2O/c1-11-8-9-13-12-5-4-6-14(15-7-2-3-10-18-15)16(12)20-17(13)19-11/h2-10H,1H3/i1D2. The molecule has 0 N–H and O–H groups in total. The Labute approximate surface area is 118 Å². The zero-order chi connectivity index (χ0) is 15.1. The Kier molecular flexibility index (Phi) is 1.93. The molecule has 0 bridgehead atoms. The number of benzene rings is 1. The fraction of sp³-hybridized carbons (Fsp3) is 0.0588. The summed E-state index contributed by atoms with van der Waals surface area (Å²) in [5.41, 5.74) is 3.32. The fourth-order valence-electron chi connectivity index (χ4n) is 2.42. The highest BCUT2D eigenvalue weighted by molar-refractivity contribution is 6.08. The number of pyridine rings is 2. The first kappa shape index (κ1) is 9.26. The van der Waals surface area contributed by atoms with Crippen LogP contribution in [0.1, 0.15) is 8.44 Å². The van der Waals surface area contributed by atoms with E-state index in [-0.39, 0.29) is 0 Å². The maximum atomic E-state index is 7.46. The van der Waals surface area contributed by atoms with Crippen molar-refractivity contribution >= 4 is 22.1 Å². The first-order valence-corrected chi connectivity index (χ1v) is 6.32. The van der Waals surface area contributed by atoms with Gasteiger partial charge in [-0.1, -0.05) is 18.2 Å². The maximum Gasteiger partial charge on any atom is 0.227 e. The summed E-state index contributed by atoms with van der Waals surface area (Å²) in [5, 5.41) is 1.85. The van der Waals surface area contributed by atoms with Crippen LogP contribution in [-0.2, 0) is 0 Å². The number of aryl methyl sites for hydroxylation is 1. The minimum atomic E-state index is -1.12. The second-order valence-corrected chi connectivity index (χ2v) is 4.59. The maximum absolute atomic E-state index is 7.46. The molecule has 4 rings (SSSR count). The number of hydrogen-bond donors (Lipinski definition) is 0. The quantitative estimate of drug-likeness (QED) is 0.512. The minimum absolute atomic E-state index is 0.381. The van der Waals surface area contributed by atoms with Crippen LogP contribution < -0.4 is 0 Å². The normalized spacial score (nSPS) is 12.8. The summed E-state index contributed by atoms with van der Waals surface area (Å²) in [6, 6.07) is 15.2. The highest BCUT2D eigenvalue weighted by Crippen LogP contribution is 2.34. The molecule has 96 valence electrons. The van der Waals surface area contributed by atoms with E-state index in [2.05, 4.69) is 9.97 Å². The van der Waals surface area contributed by atoms with E-state index in [1.54, 1.807) is 12.3 Å². The molecule has 0 saturated heterocycles. The van der Waals surface area contributed by atoms with Gasteiger partial charge in [0.1, 0.15) is 5.58 Å².